The van der Waals surface area contributed by atoms with Gasteiger partial charge in [-0.3, -0.25) is 14.5 Å². The summed E-state index contributed by atoms with van der Waals surface area (Å²) in [6.45, 7) is 0.698. The van der Waals surface area contributed by atoms with Crippen molar-refractivity contribution in [2.45, 2.75) is 13.0 Å². The second kappa shape index (κ2) is 8.18. The molecule has 29 heavy (non-hydrogen) atoms. The summed E-state index contributed by atoms with van der Waals surface area (Å²) in [6.07, 6.45) is 3.89. The number of aromatic nitrogens is 2. The maximum atomic E-state index is 12.8. The third-order valence-corrected chi connectivity index (χ3v) is 4.83. The second-order valence-corrected chi connectivity index (χ2v) is 6.92. The molecule has 148 valence electrons. The van der Waals surface area contributed by atoms with Gasteiger partial charge in [0.15, 0.2) is 0 Å². The predicted octanol–water partition coefficient (Wildman–Crippen LogP) is 2.65. The Morgan fingerprint density at radius 3 is 2.72 bits per heavy atom. The van der Waals surface area contributed by atoms with Crippen molar-refractivity contribution < 1.29 is 14.3 Å². The minimum absolute atomic E-state index is 0.0253. The number of rotatable bonds is 5. The van der Waals surface area contributed by atoms with Crippen LogP contribution in [0.3, 0.4) is 0 Å². The average Bonchev–Trinajstić information content (AvgIpc) is 3.15. The Hall–Kier alpha value is -3.61. The van der Waals surface area contributed by atoms with Crippen LogP contribution in [0.1, 0.15) is 12.0 Å². The molecule has 3 aromatic rings. The molecular weight excluding hydrogens is 368 g/mol. The van der Waals surface area contributed by atoms with E-state index in [4.69, 9.17) is 4.74 Å². The lowest BCUT2D eigenvalue weighted by Crippen LogP contribution is -2.41. The molecule has 1 aliphatic heterocycles. The third-order valence-electron chi connectivity index (χ3n) is 4.83. The maximum Gasteiger partial charge on any atom is 0.242 e. The summed E-state index contributed by atoms with van der Waals surface area (Å²) in [5, 5.41) is 4.37. The van der Waals surface area contributed by atoms with Crippen molar-refractivity contribution in [1.82, 2.24) is 14.7 Å². The lowest BCUT2D eigenvalue weighted by atomic mass is 10.2. The lowest BCUT2D eigenvalue weighted by Gasteiger charge is -2.24. The predicted molar refractivity (Wildman–Crippen MR) is 109 cm³/mol. The highest BCUT2D eigenvalue weighted by Gasteiger charge is 2.26. The molecule has 2 heterocycles. The highest BCUT2D eigenvalue weighted by Crippen LogP contribution is 2.30. The van der Waals surface area contributed by atoms with Crippen LogP contribution in [0.25, 0.3) is 5.69 Å². The van der Waals surface area contributed by atoms with Crippen molar-refractivity contribution in [3.63, 3.8) is 0 Å². The second-order valence-electron chi connectivity index (χ2n) is 6.92. The van der Waals surface area contributed by atoms with Crippen LogP contribution < -0.4 is 9.64 Å². The summed E-state index contributed by atoms with van der Waals surface area (Å²) in [5.74, 6) is 0.356. The number of carbonyl (C=O) groups is 2. The minimum atomic E-state index is -0.150. The topological polar surface area (TPSA) is 67.7 Å². The molecule has 4 rings (SSSR count). The number of nitrogens with zero attached hydrogens (tertiary/aromatic N) is 4. The van der Waals surface area contributed by atoms with E-state index in [-0.39, 0.29) is 24.8 Å². The van der Waals surface area contributed by atoms with E-state index in [9.17, 15) is 9.59 Å². The monoisotopic (exact) mass is 390 g/mol. The summed E-state index contributed by atoms with van der Waals surface area (Å²) < 4.78 is 7.41. The number of para-hydroxylation sites is 3. The van der Waals surface area contributed by atoms with E-state index in [0.29, 0.717) is 24.6 Å². The first-order valence-corrected chi connectivity index (χ1v) is 9.47. The Kier molecular flexibility index (Phi) is 5.29. The highest BCUT2D eigenvalue weighted by atomic mass is 16.5. The van der Waals surface area contributed by atoms with E-state index < -0.39 is 0 Å². The van der Waals surface area contributed by atoms with Crippen LogP contribution in [0.5, 0.6) is 5.75 Å². The molecule has 1 aliphatic rings. The van der Waals surface area contributed by atoms with E-state index in [1.807, 2.05) is 54.7 Å². The number of amides is 2. The van der Waals surface area contributed by atoms with E-state index in [2.05, 4.69) is 5.10 Å². The number of carbonyl (C=O) groups excluding carboxylic acids is 2. The van der Waals surface area contributed by atoms with Gasteiger partial charge < -0.3 is 9.64 Å². The molecule has 0 saturated carbocycles. The number of anilines is 1. The van der Waals surface area contributed by atoms with Gasteiger partial charge >= 0.3 is 0 Å². The molecule has 7 heteroatoms. The largest absolute Gasteiger partial charge is 0.491 e. The zero-order valence-corrected chi connectivity index (χ0v) is 16.2. The van der Waals surface area contributed by atoms with Crippen LogP contribution in [0, 0.1) is 0 Å². The molecule has 0 atom stereocenters. The zero-order chi connectivity index (χ0) is 20.2. The van der Waals surface area contributed by atoms with Gasteiger partial charge in [-0.2, -0.15) is 5.10 Å². The van der Waals surface area contributed by atoms with Crippen LogP contribution in [-0.2, 0) is 16.1 Å². The van der Waals surface area contributed by atoms with Gasteiger partial charge in [-0.1, -0.05) is 30.3 Å². The van der Waals surface area contributed by atoms with Gasteiger partial charge in [0.2, 0.25) is 11.8 Å². The Morgan fingerprint density at radius 1 is 1.14 bits per heavy atom. The first kappa shape index (κ1) is 18.7. The standard InChI is InChI=1S/C22H22N4O3/c1-24(14-17-13-23-26(15-17)18-7-3-2-4-8-18)22(28)16-25-19-9-5-6-10-20(19)29-12-11-21(25)27/h2-10,13,15H,11-12,14,16H2,1H3. The molecule has 0 bridgehead atoms. The normalized spacial score (nSPS) is 13.4. The first-order valence-electron chi connectivity index (χ1n) is 9.47. The van der Waals surface area contributed by atoms with E-state index in [0.717, 1.165) is 11.3 Å². The first-order chi connectivity index (χ1) is 14.1. The number of ether oxygens (including phenoxy) is 1. The Labute approximate surface area is 169 Å². The number of hydrogen-bond acceptors (Lipinski definition) is 4. The van der Waals surface area contributed by atoms with Crippen molar-refractivity contribution in [2.24, 2.45) is 0 Å². The molecule has 2 amide bonds. The fraction of sp³-hybridized carbons (Fsp3) is 0.227. The SMILES string of the molecule is CN(Cc1cnn(-c2ccccc2)c1)C(=O)CN1C(=O)CCOc2ccccc21. The summed E-state index contributed by atoms with van der Waals surface area (Å²) in [4.78, 5) is 28.5. The Balaban J connectivity index is 1.45. The third kappa shape index (κ3) is 4.13. The van der Waals surface area contributed by atoms with E-state index >= 15 is 0 Å². The molecule has 0 fully saturated rings. The van der Waals surface area contributed by atoms with Crippen molar-refractivity contribution in [1.29, 1.82) is 0 Å². The highest BCUT2D eigenvalue weighted by molar-refractivity contribution is 6.00. The number of hydrogen-bond donors (Lipinski definition) is 0. The quantitative estimate of drug-likeness (QED) is 0.672. The Bertz CT molecular complexity index is 1020. The van der Waals surface area contributed by atoms with Gasteiger partial charge in [-0.05, 0) is 24.3 Å². The van der Waals surface area contributed by atoms with Crippen LogP contribution >= 0.6 is 0 Å². The molecule has 0 saturated heterocycles. The fourth-order valence-corrected chi connectivity index (χ4v) is 3.27. The zero-order valence-electron chi connectivity index (χ0n) is 16.2. The van der Waals surface area contributed by atoms with E-state index in [1.54, 1.807) is 28.9 Å². The minimum Gasteiger partial charge on any atom is -0.491 e. The summed E-state index contributed by atoms with van der Waals surface area (Å²) in [5.41, 5.74) is 2.50. The Morgan fingerprint density at radius 2 is 1.90 bits per heavy atom. The molecule has 0 spiro atoms. The van der Waals surface area contributed by atoms with E-state index in [1.165, 1.54) is 4.90 Å². The average molecular weight is 390 g/mol. The molecule has 1 aromatic heterocycles. The van der Waals surface area contributed by atoms with Crippen molar-refractivity contribution in [3.05, 3.63) is 72.6 Å². The molecule has 2 aromatic carbocycles. The lowest BCUT2D eigenvalue weighted by molar-refractivity contribution is -0.130. The van der Waals surface area contributed by atoms with Crippen LogP contribution in [0.4, 0.5) is 5.69 Å². The van der Waals surface area contributed by atoms with Gasteiger partial charge in [0.25, 0.3) is 0 Å². The molecule has 0 radical (unpaired) electrons. The molecule has 0 aliphatic carbocycles. The van der Waals surface area contributed by atoms with Gasteiger partial charge in [0, 0.05) is 25.4 Å². The number of likely N-dealkylation sites (N-methyl/N-ethyl adjacent to an activating group) is 1. The molecular formula is C22H22N4O3. The molecule has 0 N–H and O–H groups in total. The molecule has 0 unspecified atom stereocenters. The number of fused-ring (bicyclic) bond motifs is 1. The maximum absolute atomic E-state index is 12.8. The summed E-state index contributed by atoms with van der Waals surface area (Å²) in [7, 11) is 1.73. The van der Waals surface area contributed by atoms with Crippen LogP contribution in [0.2, 0.25) is 0 Å². The van der Waals surface area contributed by atoms with Gasteiger partial charge in [-0.25, -0.2) is 4.68 Å². The van der Waals surface area contributed by atoms with Gasteiger partial charge in [0.05, 0.1) is 30.6 Å². The van der Waals surface area contributed by atoms with Crippen LogP contribution in [-0.4, -0.2) is 46.7 Å². The molecule has 7 nitrogen and oxygen atoms in total. The van der Waals surface area contributed by atoms with Gasteiger partial charge in [-0.15, -0.1) is 0 Å². The number of benzene rings is 2. The van der Waals surface area contributed by atoms with Gasteiger partial charge in [0.1, 0.15) is 12.3 Å². The van der Waals surface area contributed by atoms with Crippen LogP contribution in [0.15, 0.2) is 67.0 Å². The summed E-state index contributed by atoms with van der Waals surface area (Å²) >= 11 is 0. The van der Waals surface area contributed by atoms with Crippen molar-refractivity contribution >= 4 is 17.5 Å². The fourth-order valence-electron chi connectivity index (χ4n) is 3.27. The van der Waals surface area contributed by atoms with Crippen molar-refractivity contribution in [3.8, 4) is 11.4 Å². The van der Waals surface area contributed by atoms with Crippen molar-refractivity contribution in [2.75, 3.05) is 25.1 Å². The summed E-state index contributed by atoms with van der Waals surface area (Å²) in [6, 6.07) is 17.1. The smallest absolute Gasteiger partial charge is 0.242 e.